The molecule has 2 aliphatic rings. The Morgan fingerprint density at radius 1 is 1.06 bits per heavy atom. The number of fused-ring (bicyclic) bond motifs is 6. The number of amides is 2. The summed E-state index contributed by atoms with van der Waals surface area (Å²) >= 11 is 0. The maximum Gasteiger partial charge on any atom is 0.263 e. The van der Waals surface area contributed by atoms with E-state index < -0.39 is 5.91 Å². The van der Waals surface area contributed by atoms with Crippen LogP contribution in [0.3, 0.4) is 0 Å². The molecular formula is C25H29N7O3. The summed E-state index contributed by atoms with van der Waals surface area (Å²) in [4.78, 5) is 42.5. The molecule has 1 saturated heterocycles. The molecule has 2 atom stereocenters. The van der Waals surface area contributed by atoms with Gasteiger partial charge in [-0.3, -0.25) is 19.3 Å². The van der Waals surface area contributed by atoms with Crippen molar-refractivity contribution < 1.29 is 9.59 Å². The Hall–Kier alpha value is -3.79. The number of pyridine rings is 1. The second kappa shape index (κ2) is 9.83. The molecule has 1 N–H and O–H groups in total. The molecule has 0 aliphatic carbocycles. The van der Waals surface area contributed by atoms with Crippen molar-refractivity contribution in [1.82, 2.24) is 34.7 Å². The van der Waals surface area contributed by atoms with Gasteiger partial charge in [0.1, 0.15) is 11.3 Å². The minimum Gasteiger partial charge on any atom is -0.350 e. The van der Waals surface area contributed by atoms with Gasteiger partial charge in [-0.1, -0.05) is 35.5 Å². The highest BCUT2D eigenvalue weighted by atomic mass is 16.2. The minimum atomic E-state index is -0.451. The van der Waals surface area contributed by atoms with E-state index >= 15 is 0 Å². The first kappa shape index (κ1) is 23.0. The van der Waals surface area contributed by atoms with Crippen LogP contribution in [0.25, 0.3) is 0 Å². The van der Waals surface area contributed by atoms with E-state index in [2.05, 4.69) is 32.7 Å². The van der Waals surface area contributed by atoms with Crippen LogP contribution in [-0.4, -0.2) is 74.4 Å². The maximum absolute atomic E-state index is 13.1. The summed E-state index contributed by atoms with van der Waals surface area (Å²) in [5, 5.41) is 11.4. The average Bonchev–Trinajstić information content (AvgIpc) is 3.47. The second-order valence-electron chi connectivity index (χ2n) is 9.33. The van der Waals surface area contributed by atoms with Crippen LogP contribution in [-0.2, 0) is 17.9 Å². The molecule has 2 aromatic heterocycles. The highest BCUT2D eigenvalue weighted by Gasteiger charge is 2.36. The van der Waals surface area contributed by atoms with Crippen molar-refractivity contribution in [1.29, 1.82) is 0 Å². The highest BCUT2D eigenvalue weighted by molar-refractivity contribution is 5.93. The molecule has 10 nitrogen and oxygen atoms in total. The molecule has 0 saturated carbocycles. The molecule has 35 heavy (non-hydrogen) atoms. The fourth-order valence-electron chi connectivity index (χ4n) is 4.91. The van der Waals surface area contributed by atoms with Crippen LogP contribution >= 0.6 is 0 Å². The Morgan fingerprint density at radius 3 is 2.71 bits per heavy atom. The van der Waals surface area contributed by atoms with Gasteiger partial charge in [0.2, 0.25) is 5.91 Å². The quantitative estimate of drug-likeness (QED) is 0.587. The van der Waals surface area contributed by atoms with E-state index in [-0.39, 0.29) is 42.1 Å². The number of benzene rings is 1. The van der Waals surface area contributed by atoms with Crippen LogP contribution in [0.4, 0.5) is 0 Å². The average molecular weight is 476 g/mol. The third-order valence-electron chi connectivity index (χ3n) is 6.82. The summed E-state index contributed by atoms with van der Waals surface area (Å²) in [7, 11) is 1.74. The Labute approximate surface area is 203 Å². The van der Waals surface area contributed by atoms with Gasteiger partial charge in [-0.2, -0.15) is 0 Å². The standard InChI is InChI=1S/C25H29N7O3/c1-29-11-9-26-24(34)21-8-5-10-31(25(21)35)15-20-16-32(28-27-20)22-17-30(14-19(22)12-23(29)33)13-18-6-3-2-4-7-18/h2-8,10,16,19,22H,9,11-15,17H2,1H3,(H,26,34)/t19-,22+/m0/s1. The van der Waals surface area contributed by atoms with Crippen molar-refractivity contribution in [2.45, 2.75) is 25.6 Å². The van der Waals surface area contributed by atoms with E-state index in [1.165, 1.54) is 16.2 Å². The number of nitrogens with one attached hydrogen (secondary N) is 1. The van der Waals surface area contributed by atoms with E-state index in [0.29, 0.717) is 18.7 Å². The zero-order chi connectivity index (χ0) is 24.4. The van der Waals surface area contributed by atoms with Crippen LogP contribution < -0.4 is 10.9 Å². The molecular weight excluding hydrogens is 446 g/mol. The van der Waals surface area contributed by atoms with Gasteiger partial charge in [0, 0.05) is 58.3 Å². The Bertz CT molecular complexity index is 1270. The second-order valence-corrected chi connectivity index (χ2v) is 9.33. The predicted octanol–water partition coefficient (Wildman–Crippen LogP) is 0.753. The zero-order valence-electron chi connectivity index (χ0n) is 19.7. The van der Waals surface area contributed by atoms with Crippen molar-refractivity contribution in [3.63, 3.8) is 0 Å². The SMILES string of the molecule is CN1CCNC(=O)c2cccn(c2=O)Cc2cn(nn2)[C@@H]2CN(Cc3ccccc3)C[C@@H]2CC1=O. The third-order valence-corrected chi connectivity index (χ3v) is 6.82. The number of hydrogen-bond acceptors (Lipinski definition) is 6. The largest absolute Gasteiger partial charge is 0.350 e. The molecule has 5 rings (SSSR count). The summed E-state index contributed by atoms with van der Waals surface area (Å²) in [6, 6.07) is 13.5. The van der Waals surface area contributed by atoms with Crippen molar-refractivity contribution in [2.75, 3.05) is 33.2 Å². The number of likely N-dealkylation sites (N-methyl/N-ethyl adjacent to an activating group) is 1. The topological polar surface area (TPSA) is 105 Å². The number of carbonyl (C=O) groups is 2. The third kappa shape index (κ3) is 5.02. The van der Waals surface area contributed by atoms with Crippen LogP contribution in [0.5, 0.6) is 0 Å². The first-order valence-corrected chi connectivity index (χ1v) is 11.9. The van der Waals surface area contributed by atoms with Gasteiger partial charge in [0.25, 0.3) is 11.5 Å². The van der Waals surface area contributed by atoms with Crippen LogP contribution in [0.1, 0.15) is 34.1 Å². The zero-order valence-corrected chi connectivity index (χ0v) is 19.7. The number of hydrogen-bond donors (Lipinski definition) is 1. The lowest BCUT2D eigenvalue weighted by molar-refractivity contribution is -0.131. The van der Waals surface area contributed by atoms with Gasteiger partial charge in [-0.25, -0.2) is 4.68 Å². The molecule has 2 aliphatic heterocycles. The molecule has 2 amide bonds. The molecule has 0 radical (unpaired) electrons. The highest BCUT2D eigenvalue weighted by Crippen LogP contribution is 2.31. The van der Waals surface area contributed by atoms with Crippen molar-refractivity contribution in [2.24, 2.45) is 5.92 Å². The molecule has 0 spiro atoms. The van der Waals surface area contributed by atoms with Gasteiger partial charge < -0.3 is 14.8 Å². The van der Waals surface area contributed by atoms with E-state index in [1.54, 1.807) is 24.2 Å². The summed E-state index contributed by atoms with van der Waals surface area (Å²) in [5.74, 6) is -0.365. The number of carbonyl (C=O) groups excluding carboxylic acids is 2. The molecule has 182 valence electrons. The number of rotatable bonds is 2. The van der Waals surface area contributed by atoms with Crippen LogP contribution in [0.15, 0.2) is 59.7 Å². The molecule has 4 heterocycles. The molecule has 1 fully saturated rings. The summed E-state index contributed by atoms with van der Waals surface area (Å²) < 4.78 is 3.31. The van der Waals surface area contributed by atoms with Crippen molar-refractivity contribution in [3.05, 3.63) is 82.0 Å². The summed E-state index contributed by atoms with van der Waals surface area (Å²) in [6.07, 6.45) is 3.88. The molecule has 10 heteroatoms. The fraction of sp³-hybridized carbons (Fsp3) is 0.400. The minimum absolute atomic E-state index is 0.00650. The number of likely N-dealkylation sites (tertiary alicyclic amines) is 1. The summed E-state index contributed by atoms with van der Waals surface area (Å²) in [5.41, 5.74) is 1.53. The fourth-order valence-corrected chi connectivity index (χ4v) is 4.91. The van der Waals surface area contributed by atoms with E-state index in [0.717, 1.165) is 19.6 Å². The van der Waals surface area contributed by atoms with Crippen molar-refractivity contribution >= 4 is 11.8 Å². The Kier molecular flexibility index (Phi) is 6.45. The molecule has 4 bridgehead atoms. The van der Waals surface area contributed by atoms with Crippen molar-refractivity contribution in [3.8, 4) is 0 Å². The van der Waals surface area contributed by atoms with Gasteiger partial charge >= 0.3 is 0 Å². The smallest absolute Gasteiger partial charge is 0.263 e. The van der Waals surface area contributed by atoms with E-state index in [9.17, 15) is 14.4 Å². The Balaban J connectivity index is 1.45. The number of nitrogens with zero attached hydrogens (tertiary/aromatic N) is 6. The molecule has 1 aromatic carbocycles. The van der Waals surface area contributed by atoms with Gasteiger partial charge in [-0.05, 0) is 17.7 Å². The van der Waals surface area contributed by atoms with Crippen LogP contribution in [0.2, 0.25) is 0 Å². The van der Waals surface area contributed by atoms with E-state index in [1.807, 2.05) is 29.1 Å². The van der Waals surface area contributed by atoms with Gasteiger partial charge in [-0.15, -0.1) is 5.10 Å². The predicted molar refractivity (Wildman–Crippen MR) is 129 cm³/mol. The first-order valence-electron chi connectivity index (χ1n) is 11.9. The normalized spacial score (nSPS) is 21.6. The lowest BCUT2D eigenvalue weighted by Crippen LogP contribution is -2.39. The maximum atomic E-state index is 13.1. The Morgan fingerprint density at radius 2 is 1.89 bits per heavy atom. The molecule has 3 aromatic rings. The van der Waals surface area contributed by atoms with Gasteiger partial charge in [0.05, 0.1) is 18.8 Å². The van der Waals surface area contributed by atoms with E-state index in [4.69, 9.17) is 0 Å². The first-order chi connectivity index (χ1) is 17.0. The lowest BCUT2D eigenvalue weighted by atomic mass is 9.99. The van der Waals surface area contributed by atoms with Crippen LogP contribution in [0, 0.1) is 5.92 Å². The monoisotopic (exact) mass is 475 g/mol. The summed E-state index contributed by atoms with van der Waals surface area (Å²) in [6.45, 7) is 3.17. The number of aromatic nitrogens is 4. The lowest BCUT2D eigenvalue weighted by Gasteiger charge is -2.22. The van der Waals surface area contributed by atoms with Gasteiger partial charge in [0.15, 0.2) is 0 Å². The molecule has 0 unspecified atom stereocenters.